The number of carbonyl (C=O) groups excluding carboxylic acids is 2. The molecule has 3 aromatic rings. The molecular weight excluding hydrogens is 392 g/mol. The van der Waals surface area contributed by atoms with E-state index in [0.717, 1.165) is 5.56 Å². The van der Waals surface area contributed by atoms with Gasteiger partial charge in [-0.1, -0.05) is 36.4 Å². The smallest absolute Gasteiger partial charge is 0.295 e. The van der Waals surface area contributed by atoms with Crippen LogP contribution in [0.4, 0.5) is 0 Å². The number of benzene rings is 2. The van der Waals surface area contributed by atoms with Crippen molar-refractivity contribution in [3.8, 4) is 5.75 Å². The zero-order valence-electron chi connectivity index (χ0n) is 17.1. The van der Waals surface area contributed by atoms with Crippen LogP contribution >= 0.6 is 0 Å². The summed E-state index contributed by atoms with van der Waals surface area (Å²) in [7, 11) is 0. The van der Waals surface area contributed by atoms with Crippen LogP contribution in [0, 0.1) is 0 Å². The Balaban J connectivity index is 1.80. The molecule has 1 amide bonds. The van der Waals surface area contributed by atoms with Gasteiger partial charge in [-0.25, -0.2) is 0 Å². The number of pyridine rings is 1. The van der Waals surface area contributed by atoms with Crippen LogP contribution in [0.1, 0.15) is 29.7 Å². The standard InChI is InChI=1S/C25H22N2O4/c1-2-31-20-12-10-18(11-13-20)23(28)21-22(19-9-6-14-26-15-19)27(25(30)24(21)29)16-17-7-4-3-5-8-17/h3-15,22,28H,2,16H2,1H3/b23-21+. The van der Waals surface area contributed by atoms with Crippen LogP contribution < -0.4 is 4.74 Å². The molecule has 1 atom stereocenters. The molecule has 1 aliphatic heterocycles. The Kier molecular flexibility index (Phi) is 5.80. The van der Waals surface area contributed by atoms with E-state index in [1.165, 1.54) is 4.90 Å². The summed E-state index contributed by atoms with van der Waals surface area (Å²) >= 11 is 0. The van der Waals surface area contributed by atoms with Gasteiger partial charge in [0.05, 0.1) is 18.2 Å². The van der Waals surface area contributed by atoms with E-state index >= 15 is 0 Å². The summed E-state index contributed by atoms with van der Waals surface area (Å²) in [5.74, 6) is -0.917. The molecule has 4 rings (SSSR count). The fraction of sp³-hybridized carbons (Fsp3) is 0.160. The molecule has 6 nitrogen and oxygen atoms in total. The maximum Gasteiger partial charge on any atom is 0.295 e. The largest absolute Gasteiger partial charge is 0.507 e. The number of aromatic nitrogens is 1. The van der Waals surface area contributed by atoms with Crippen LogP contribution in [0.25, 0.3) is 5.76 Å². The highest BCUT2D eigenvalue weighted by Gasteiger charge is 2.46. The first-order valence-electron chi connectivity index (χ1n) is 10.1. The number of carbonyl (C=O) groups is 2. The van der Waals surface area contributed by atoms with Gasteiger partial charge in [-0.3, -0.25) is 14.6 Å². The van der Waals surface area contributed by atoms with E-state index in [1.54, 1.807) is 48.8 Å². The Bertz CT molecular complexity index is 1110. The molecule has 1 N–H and O–H groups in total. The SMILES string of the molecule is CCOc1ccc(/C(O)=C2\C(=O)C(=O)N(Cc3ccccc3)C2c2cccnc2)cc1. The topological polar surface area (TPSA) is 79.7 Å². The maximum absolute atomic E-state index is 13.0. The molecule has 1 aromatic heterocycles. The van der Waals surface area contributed by atoms with E-state index in [1.807, 2.05) is 37.3 Å². The number of hydrogen-bond acceptors (Lipinski definition) is 5. The summed E-state index contributed by atoms with van der Waals surface area (Å²) in [6.45, 7) is 2.65. The van der Waals surface area contributed by atoms with Crippen LogP contribution in [-0.4, -0.2) is 33.3 Å². The Hall–Kier alpha value is -3.93. The molecule has 2 aromatic carbocycles. The molecule has 31 heavy (non-hydrogen) atoms. The Morgan fingerprint density at radius 1 is 1.03 bits per heavy atom. The van der Waals surface area contributed by atoms with Gasteiger partial charge in [0, 0.05) is 24.5 Å². The summed E-state index contributed by atoms with van der Waals surface area (Å²) in [6, 6.07) is 19.0. The number of nitrogens with zero attached hydrogens (tertiary/aromatic N) is 2. The maximum atomic E-state index is 13.0. The van der Waals surface area contributed by atoms with Crippen molar-refractivity contribution in [1.82, 2.24) is 9.88 Å². The fourth-order valence-corrected chi connectivity index (χ4v) is 3.74. The first-order valence-corrected chi connectivity index (χ1v) is 10.1. The Morgan fingerprint density at radius 3 is 2.42 bits per heavy atom. The highest BCUT2D eigenvalue weighted by molar-refractivity contribution is 6.46. The summed E-state index contributed by atoms with van der Waals surface area (Å²) in [6.07, 6.45) is 3.24. The second-order valence-corrected chi connectivity index (χ2v) is 7.16. The lowest BCUT2D eigenvalue weighted by atomic mass is 9.96. The van der Waals surface area contributed by atoms with E-state index in [9.17, 15) is 14.7 Å². The van der Waals surface area contributed by atoms with Gasteiger partial charge >= 0.3 is 0 Å². The number of amides is 1. The monoisotopic (exact) mass is 414 g/mol. The minimum absolute atomic E-state index is 0.0538. The summed E-state index contributed by atoms with van der Waals surface area (Å²) < 4.78 is 5.44. The molecule has 1 unspecified atom stereocenters. The lowest BCUT2D eigenvalue weighted by molar-refractivity contribution is -0.140. The minimum atomic E-state index is -0.736. The average molecular weight is 414 g/mol. The zero-order valence-corrected chi connectivity index (χ0v) is 17.1. The number of ketones is 1. The molecule has 1 fully saturated rings. The first-order chi connectivity index (χ1) is 15.1. The van der Waals surface area contributed by atoms with Crippen LogP contribution in [0.2, 0.25) is 0 Å². The summed E-state index contributed by atoms with van der Waals surface area (Å²) in [5.41, 5.74) is 2.04. The number of aliphatic hydroxyl groups is 1. The van der Waals surface area contributed by atoms with Gasteiger partial charge in [-0.2, -0.15) is 0 Å². The Labute approximate surface area is 180 Å². The highest BCUT2D eigenvalue weighted by Crippen LogP contribution is 2.40. The zero-order chi connectivity index (χ0) is 21.8. The van der Waals surface area contributed by atoms with Crippen LogP contribution in [-0.2, 0) is 16.1 Å². The predicted molar refractivity (Wildman–Crippen MR) is 116 cm³/mol. The lowest BCUT2D eigenvalue weighted by Crippen LogP contribution is -2.29. The van der Waals surface area contributed by atoms with Crippen molar-refractivity contribution in [1.29, 1.82) is 0 Å². The van der Waals surface area contributed by atoms with Crippen molar-refractivity contribution in [2.75, 3.05) is 6.61 Å². The molecule has 6 heteroatoms. The van der Waals surface area contributed by atoms with Crippen molar-refractivity contribution in [3.05, 3.63) is 101 Å². The highest BCUT2D eigenvalue weighted by atomic mass is 16.5. The third-order valence-electron chi connectivity index (χ3n) is 5.17. The fourth-order valence-electron chi connectivity index (χ4n) is 3.74. The molecule has 0 saturated carbocycles. The van der Waals surface area contributed by atoms with Gasteiger partial charge in [0.1, 0.15) is 11.5 Å². The van der Waals surface area contributed by atoms with Gasteiger partial charge in [-0.05, 0) is 48.4 Å². The molecule has 1 saturated heterocycles. The van der Waals surface area contributed by atoms with Crippen LogP contribution in [0.3, 0.4) is 0 Å². The van der Waals surface area contributed by atoms with E-state index in [4.69, 9.17) is 4.74 Å². The molecule has 0 aliphatic carbocycles. The number of ether oxygens (including phenoxy) is 1. The Morgan fingerprint density at radius 2 is 1.77 bits per heavy atom. The van der Waals surface area contributed by atoms with Gasteiger partial charge in [0.2, 0.25) is 0 Å². The third kappa shape index (κ3) is 4.05. The van der Waals surface area contributed by atoms with Crippen molar-refractivity contribution >= 4 is 17.4 Å². The number of likely N-dealkylation sites (tertiary alicyclic amines) is 1. The quantitative estimate of drug-likeness (QED) is 0.373. The van der Waals surface area contributed by atoms with Gasteiger partial charge in [0.15, 0.2) is 0 Å². The number of aliphatic hydroxyl groups excluding tert-OH is 1. The summed E-state index contributed by atoms with van der Waals surface area (Å²) in [4.78, 5) is 31.6. The summed E-state index contributed by atoms with van der Waals surface area (Å²) in [5, 5.41) is 11.1. The third-order valence-corrected chi connectivity index (χ3v) is 5.17. The molecular formula is C25H22N2O4. The second-order valence-electron chi connectivity index (χ2n) is 7.16. The number of Topliss-reactive ketones (excluding diaryl/α,β-unsaturated/α-hetero) is 1. The normalized spacial score (nSPS) is 17.7. The lowest BCUT2D eigenvalue weighted by Gasteiger charge is -2.25. The number of hydrogen-bond donors (Lipinski definition) is 1. The van der Waals surface area contributed by atoms with Crippen molar-refractivity contribution in [2.24, 2.45) is 0 Å². The number of rotatable bonds is 6. The first kappa shape index (κ1) is 20.3. The van der Waals surface area contributed by atoms with E-state index in [-0.39, 0.29) is 17.9 Å². The van der Waals surface area contributed by atoms with Crippen molar-refractivity contribution in [2.45, 2.75) is 19.5 Å². The molecule has 0 bridgehead atoms. The predicted octanol–water partition coefficient (Wildman–Crippen LogP) is 4.10. The van der Waals surface area contributed by atoms with Gasteiger partial charge in [-0.15, -0.1) is 0 Å². The van der Waals surface area contributed by atoms with Gasteiger partial charge < -0.3 is 14.7 Å². The minimum Gasteiger partial charge on any atom is -0.507 e. The van der Waals surface area contributed by atoms with E-state index in [2.05, 4.69) is 4.98 Å². The van der Waals surface area contributed by atoms with E-state index in [0.29, 0.717) is 23.5 Å². The van der Waals surface area contributed by atoms with E-state index < -0.39 is 17.7 Å². The van der Waals surface area contributed by atoms with Crippen molar-refractivity contribution < 1.29 is 19.4 Å². The van der Waals surface area contributed by atoms with Crippen LogP contribution in [0.15, 0.2) is 84.7 Å². The molecule has 156 valence electrons. The molecule has 0 radical (unpaired) electrons. The van der Waals surface area contributed by atoms with Gasteiger partial charge in [0.25, 0.3) is 11.7 Å². The molecule has 0 spiro atoms. The second kappa shape index (κ2) is 8.83. The van der Waals surface area contributed by atoms with Crippen molar-refractivity contribution in [3.63, 3.8) is 0 Å². The van der Waals surface area contributed by atoms with Crippen LogP contribution in [0.5, 0.6) is 5.75 Å². The average Bonchev–Trinajstić information content (AvgIpc) is 3.05. The molecule has 1 aliphatic rings. The molecule has 2 heterocycles.